The van der Waals surface area contributed by atoms with Crippen LogP contribution in [-0.2, 0) is 19.9 Å². The van der Waals surface area contributed by atoms with E-state index in [0.717, 1.165) is 18.2 Å². The Morgan fingerprint density at radius 2 is 1.56 bits per heavy atom. The molecular weight excluding hydrogens is 459 g/mol. The Morgan fingerprint density at radius 1 is 1.00 bits per heavy atom. The highest BCUT2D eigenvalue weighted by Crippen LogP contribution is 2.44. The van der Waals surface area contributed by atoms with Crippen molar-refractivity contribution in [3.63, 3.8) is 0 Å². The summed E-state index contributed by atoms with van der Waals surface area (Å²) in [5, 5.41) is 19.1. The van der Waals surface area contributed by atoms with E-state index in [1.165, 1.54) is 42.5 Å². The van der Waals surface area contributed by atoms with Crippen LogP contribution < -0.4 is 5.56 Å². The second-order valence-corrected chi connectivity index (χ2v) is 7.06. The molecule has 0 saturated carbocycles. The number of hydrogen-bond donors (Lipinski definition) is 3. The number of aromatic amines is 1. The molecule has 2 atom stereocenters. The number of benzene rings is 2. The molecule has 8 nitrogen and oxygen atoms in total. The van der Waals surface area contributed by atoms with Crippen molar-refractivity contribution >= 4 is 11.9 Å². The molecule has 0 unspecified atom stereocenters. The molecule has 1 heterocycles. The van der Waals surface area contributed by atoms with Crippen LogP contribution in [0, 0.1) is 0 Å². The summed E-state index contributed by atoms with van der Waals surface area (Å²) in [6.07, 6.45) is -6.90. The van der Waals surface area contributed by atoms with Gasteiger partial charge in [0.25, 0.3) is 11.2 Å². The number of methoxy groups -OCH3 is 1. The number of carboxylic acids is 1. The largest absolute Gasteiger partial charge is 0.507 e. The molecule has 0 aliphatic rings. The topological polar surface area (TPSA) is 126 Å². The maximum atomic E-state index is 14.2. The monoisotopic (exact) mass is 477 g/mol. The summed E-state index contributed by atoms with van der Waals surface area (Å²) < 4.78 is 52.7. The average Bonchev–Trinajstić information content (AvgIpc) is 2.78. The zero-order valence-corrected chi connectivity index (χ0v) is 17.5. The van der Waals surface area contributed by atoms with E-state index >= 15 is 0 Å². The second-order valence-electron chi connectivity index (χ2n) is 7.06. The van der Waals surface area contributed by atoms with Crippen molar-refractivity contribution in [3.8, 4) is 5.75 Å². The predicted molar refractivity (Wildman–Crippen MR) is 111 cm³/mol. The molecule has 0 radical (unpaired) electrons. The predicted octanol–water partition coefficient (Wildman–Crippen LogP) is 3.52. The molecule has 0 spiro atoms. The van der Waals surface area contributed by atoms with Crippen molar-refractivity contribution in [3.05, 3.63) is 99.5 Å². The van der Waals surface area contributed by atoms with Crippen molar-refractivity contribution in [2.75, 3.05) is 7.11 Å². The van der Waals surface area contributed by atoms with Gasteiger partial charge < -0.3 is 24.7 Å². The number of aromatic carboxylic acids is 1. The van der Waals surface area contributed by atoms with E-state index in [9.17, 15) is 32.7 Å². The summed E-state index contributed by atoms with van der Waals surface area (Å²) in [6.45, 7) is 0. The lowest BCUT2D eigenvalue weighted by molar-refractivity contribution is -0.277. The zero-order valence-electron chi connectivity index (χ0n) is 17.5. The van der Waals surface area contributed by atoms with Gasteiger partial charge in [0.2, 0.25) is 0 Å². The van der Waals surface area contributed by atoms with Crippen molar-refractivity contribution in [1.82, 2.24) is 4.98 Å². The highest BCUT2D eigenvalue weighted by atomic mass is 19.4. The summed E-state index contributed by atoms with van der Waals surface area (Å²) in [7, 11) is 0.703. The number of carbonyl (C=O) groups is 2. The maximum Gasteiger partial charge on any atom is 0.432 e. The molecule has 34 heavy (non-hydrogen) atoms. The van der Waals surface area contributed by atoms with Crippen LogP contribution in [0.5, 0.6) is 5.75 Å². The number of carbonyl (C=O) groups excluding carboxylic acids is 1. The van der Waals surface area contributed by atoms with E-state index in [0.29, 0.717) is 7.11 Å². The van der Waals surface area contributed by atoms with Crippen molar-refractivity contribution < 1.29 is 42.4 Å². The lowest BCUT2D eigenvalue weighted by Gasteiger charge is -2.33. The van der Waals surface area contributed by atoms with Gasteiger partial charge in [-0.05, 0) is 5.56 Å². The highest BCUT2D eigenvalue weighted by Gasteiger charge is 2.64. The minimum atomic E-state index is -5.25. The Kier molecular flexibility index (Phi) is 6.78. The summed E-state index contributed by atoms with van der Waals surface area (Å²) in [4.78, 5) is 38.7. The van der Waals surface area contributed by atoms with E-state index in [4.69, 9.17) is 14.6 Å². The van der Waals surface area contributed by atoms with E-state index in [1.807, 2.05) is 0 Å². The first kappa shape index (κ1) is 24.5. The Hall–Kier alpha value is -4.12. The van der Waals surface area contributed by atoms with Crippen molar-refractivity contribution in [2.24, 2.45) is 0 Å². The normalized spacial score (nSPS) is 14.1. The number of hydrogen-bond acceptors (Lipinski definition) is 6. The number of aromatic nitrogens is 1. The summed E-state index contributed by atoms with van der Waals surface area (Å²) in [5.41, 5.74) is -6.49. The number of ether oxygens (including phenoxy) is 2. The Morgan fingerprint density at radius 3 is 2.03 bits per heavy atom. The molecule has 3 rings (SSSR count). The number of pyridine rings is 1. The average molecular weight is 477 g/mol. The third-order valence-electron chi connectivity index (χ3n) is 5.03. The van der Waals surface area contributed by atoms with Crippen LogP contribution in [0.3, 0.4) is 0 Å². The van der Waals surface area contributed by atoms with Gasteiger partial charge >= 0.3 is 18.1 Å². The second kappa shape index (κ2) is 9.40. The van der Waals surface area contributed by atoms with Gasteiger partial charge in [-0.1, -0.05) is 60.7 Å². The van der Waals surface area contributed by atoms with E-state index in [2.05, 4.69) is 4.98 Å². The molecule has 1 aromatic heterocycles. The number of halogens is 3. The number of alkyl halides is 3. The van der Waals surface area contributed by atoms with Crippen LogP contribution in [0.1, 0.15) is 33.3 Å². The molecule has 0 amide bonds. The number of H-pyrrole nitrogens is 1. The summed E-state index contributed by atoms with van der Waals surface area (Å²) in [6, 6.07) is 14.3. The standard InChI is InChI=1S/C23H18F3NO7/c1-33-22(23(24,25)26,14-10-6-3-7-11-14)21(32)34-18(13-8-4-2-5-9-13)15-12-16(28)17(20(30)31)19(29)27-15/h2-12,18H,1H3,(H,30,31)(H2,27,28,29)/t18-,22-/m1/s1. The van der Waals surface area contributed by atoms with Gasteiger partial charge in [0, 0.05) is 18.7 Å². The first-order chi connectivity index (χ1) is 16.0. The number of nitrogens with one attached hydrogen (secondary N) is 1. The smallest absolute Gasteiger partial charge is 0.432 e. The van der Waals surface area contributed by atoms with Crippen LogP contribution in [0.25, 0.3) is 0 Å². The number of esters is 1. The number of aromatic hydroxyl groups is 1. The van der Waals surface area contributed by atoms with Gasteiger partial charge in [0.15, 0.2) is 11.7 Å². The SMILES string of the molecule is CO[C@@](C(=O)O[C@H](c1ccccc1)c1cc(O)c(C(=O)O)c(=O)[nH]1)(c1ccccc1)C(F)(F)F. The van der Waals surface area contributed by atoms with Crippen LogP contribution in [0.4, 0.5) is 13.2 Å². The molecule has 0 aliphatic carbocycles. The molecule has 3 aromatic rings. The molecule has 0 fully saturated rings. The third-order valence-corrected chi connectivity index (χ3v) is 5.03. The molecule has 3 N–H and O–H groups in total. The number of carboxylic acid groups (broad SMARTS) is 1. The first-order valence-electron chi connectivity index (χ1n) is 9.65. The van der Waals surface area contributed by atoms with E-state index in [-0.39, 0.29) is 11.3 Å². The quantitative estimate of drug-likeness (QED) is 0.445. The van der Waals surface area contributed by atoms with E-state index in [1.54, 1.807) is 6.07 Å². The lowest BCUT2D eigenvalue weighted by atomic mass is 9.92. The molecule has 2 aromatic carbocycles. The van der Waals surface area contributed by atoms with Gasteiger partial charge in [-0.3, -0.25) is 4.79 Å². The lowest BCUT2D eigenvalue weighted by Crippen LogP contribution is -2.52. The van der Waals surface area contributed by atoms with Crippen LogP contribution in [0.15, 0.2) is 71.5 Å². The summed E-state index contributed by atoms with van der Waals surface area (Å²) in [5.74, 6) is -4.52. The van der Waals surface area contributed by atoms with Crippen LogP contribution in [0.2, 0.25) is 0 Å². The Labute approximate surface area is 190 Å². The van der Waals surface area contributed by atoms with E-state index < -0.39 is 52.3 Å². The molecule has 0 saturated heterocycles. The van der Waals surface area contributed by atoms with Crippen molar-refractivity contribution in [2.45, 2.75) is 17.9 Å². The molecule has 0 bridgehead atoms. The maximum absolute atomic E-state index is 14.2. The fraction of sp³-hybridized carbons (Fsp3) is 0.174. The Balaban J connectivity index is 2.17. The van der Waals surface area contributed by atoms with Crippen LogP contribution in [-0.4, -0.2) is 40.4 Å². The Bertz CT molecular complexity index is 1240. The zero-order chi connectivity index (χ0) is 25.1. The fourth-order valence-corrected chi connectivity index (χ4v) is 3.43. The van der Waals surface area contributed by atoms with Gasteiger partial charge in [-0.25, -0.2) is 9.59 Å². The minimum absolute atomic E-state index is 0.134. The fourth-order valence-electron chi connectivity index (χ4n) is 3.43. The number of rotatable bonds is 7. The third kappa shape index (κ3) is 4.37. The summed E-state index contributed by atoms with van der Waals surface area (Å²) >= 11 is 0. The highest BCUT2D eigenvalue weighted by molar-refractivity contribution is 5.90. The molecular formula is C23H18F3NO7. The molecule has 0 aliphatic heterocycles. The minimum Gasteiger partial charge on any atom is -0.507 e. The van der Waals surface area contributed by atoms with Gasteiger partial charge in [-0.2, -0.15) is 13.2 Å². The molecule has 11 heteroatoms. The van der Waals surface area contributed by atoms with Gasteiger partial charge in [0.1, 0.15) is 5.75 Å². The van der Waals surface area contributed by atoms with Gasteiger partial charge in [-0.15, -0.1) is 0 Å². The first-order valence-corrected chi connectivity index (χ1v) is 9.65. The van der Waals surface area contributed by atoms with Crippen molar-refractivity contribution in [1.29, 1.82) is 0 Å². The van der Waals surface area contributed by atoms with Gasteiger partial charge in [0.05, 0.1) is 5.69 Å². The van der Waals surface area contributed by atoms with Crippen LogP contribution >= 0.6 is 0 Å². The molecule has 178 valence electrons.